The zero-order chi connectivity index (χ0) is 17.0. The zero-order valence-electron chi connectivity index (χ0n) is 13.5. The molecule has 1 N–H and O–H groups in total. The number of rotatable bonds is 6. The van der Waals surface area contributed by atoms with Crippen LogP contribution in [0.3, 0.4) is 0 Å². The highest BCUT2D eigenvalue weighted by atomic mass is 35.5. The van der Waals surface area contributed by atoms with Crippen LogP contribution in [-0.2, 0) is 11.2 Å². The van der Waals surface area contributed by atoms with Gasteiger partial charge in [0.1, 0.15) is 5.75 Å². The van der Waals surface area contributed by atoms with E-state index in [-0.39, 0.29) is 5.92 Å². The maximum Gasteiger partial charge on any atom is 0.345 e. The molecule has 23 heavy (non-hydrogen) atoms. The van der Waals surface area contributed by atoms with Crippen molar-refractivity contribution in [1.82, 2.24) is 0 Å². The molecule has 3 nitrogen and oxygen atoms in total. The summed E-state index contributed by atoms with van der Waals surface area (Å²) < 4.78 is 5.82. The van der Waals surface area contributed by atoms with E-state index in [1.54, 1.807) is 6.07 Å². The molecule has 4 heteroatoms. The van der Waals surface area contributed by atoms with Gasteiger partial charge in [-0.15, -0.1) is 0 Å². The zero-order valence-corrected chi connectivity index (χ0v) is 14.3. The van der Waals surface area contributed by atoms with Gasteiger partial charge in [0.25, 0.3) is 0 Å². The second-order valence-electron chi connectivity index (χ2n) is 5.91. The molecule has 0 fully saturated rings. The Hall–Kier alpha value is -2.00. The molecule has 0 spiro atoms. The maximum atomic E-state index is 11.6. The number of carbonyl (C=O) groups is 1. The fourth-order valence-corrected chi connectivity index (χ4v) is 2.71. The highest BCUT2D eigenvalue weighted by molar-refractivity contribution is 6.30. The summed E-state index contributed by atoms with van der Waals surface area (Å²) in [4.78, 5) is 11.6. The van der Waals surface area contributed by atoms with Gasteiger partial charge in [0.05, 0.1) is 0 Å². The molecule has 122 valence electrons. The summed E-state index contributed by atoms with van der Waals surface area (Å²) in [5, 5.41) is 10.2. The van der Waals surface area contributed by atoms with Gasteiger partial charge < -0.3 is 9.84 Å². The predicted octanol–water partition coefficient (Wildman–Crippen LogP) is 4.85. The third-order valence-corrected chi connectivity index (χ3v) is 4.03. The third-order valence-electron chi connectivity index (χ3n) is 3.80. The van der Waals surface area contributed by atoms with Crippen LogP contribution in [0.15, 0.2) is 42.5 Å². The average molecular weight is 333 g/mol. The summed E-state index contributed by atoms with van der Waals surface area (Å²) in [6.45, 7) is 6.03. The standard InChI is InChI=1S/C19H21ClO3/c1-12(2)16-6-4-5-7-17(16)23-18(19(21)22)11-14-8-9-15(20)10-13(14)3/h4-10,12,18H,11H2,1-3H3,(H,21,22). The minimum atomic E-state index is -0.974. The van der Waals surface area contributed by atoms with Crippen molar-refractivity contribution >= 4 is 17.6 Å². The van der Waals surface area contributed by atoms with E-state index in [0.29, 0.717) is 17.2 Å². The average Bonchev–Trinajstić information content (AvgIpc) is 2.49. The molecule has 0 aliphatic heterocycles. The normalized spacial score (nSPS) is 12.2. The van der Waals surface area contributed by atoms with Gasteiger partial charge in [-0.25, -0.2) is 4.79 Å². The lowest BCUT2D eigenvalue weighted by Gasteiger charge is -2.20. The van der Waals surface area contributed by atoms with Crippen molar-refractivity contribution in [2.45, 2.75) is 39.2 Å². The lowest BCUT2D eigenvalue weighted by Crippen LogP contribution is -2.30. The predicted molar refractivity (Wildman–Crippen MR) is 92.5 cm³/mol. The Morgan fingerprint density at radius 1 is 1.22 bits per heavy atom. The van der Waals surface area contributed by atoms with Crippen LogP contribution in [-0.4, -0.2) is 17.2 Å². The Kier molecular flexibility index (Phi) is 5.67. The van der Waals surface area contributed by atoms with Crippen LogP contribution in [0.4, 0.5) is 0 Å². The highest BCUT2D eigenvalue weighted by Gasteiger charge is 2.22. The van der Waals surface area contributed by atoms with Crippen molar-refractivity contribution in [3.63, 3.8) is 0 Å². The summed E-state index contributed by atoms with van der Waals surface area (Å²) >= 11 is 5.95. The largest absolute Gasteiger partial charge is 0.478 e. The van der Waals surface area contributed by atoms with Gasteiger partial charge in [0.15, 0.2) is 6.10 Å². The van der Waals surface area contributed by atoms with Crippen LogP contribution in [0.1, 0.15) is 36.5 Å². The molecule has 0 saturated heterocycles. The molecule has 2 aromatic rings. The number of ether oxygens (including phenoxy) is 1. The van der Waals surface area contributed by atoms with E-state index in [1.807, 2.05) is 43.3 Å². The van der Waals surface area contributed by atoms with Crippen molar-refractivity contribution in [3.05, 3.63) is 64.2 Å². The number of carboxylic acids is 1. The molecule has 0 heterocycles. The van der Waals surface area contributed by atoms with E-state index in [0.717, 1.165) is 16.7 Å². The lowest BCUT2D eigenvalue weighted by atomic mass is 10.0. The minimum absolute atomic E-state index is 0.262. The molecule has 0 bridgehead atoms. The number of aryl methyl sites for hydroxylation is 1. The monoisotopic (exact) mass is 332 g/mol. The minimum Gasteiger partial charge on any atom is -0.478 e. The summed E-state index contributed by atoms with van der Waals surface area (Å²) in [5.74, 6) is -0.0858. The number of benzene rings is 2. The summed E-state index contributed by atoms with van der Waals surface area (Å²) in [6.07, 6.45) is -0.639. The van der Waals surface area contributed by atoms with Crippen molar-refractivity contribution in [2.24, 2.45) is 0 Å². The van der Waals surface area contributed by atoms with Crippen molar-refractivity contribution < 1.29 is 14.6 Å². The lowest BCUT2D eigenvalue weighted by molar-refractivity contribution is -0.145. The van der Waals surface area contributed by atoms with Gasteiger partial charge in [-0.1, -0.05) is 49.7 Å². The molecule has 2 aromatic carbocycles. The molecule has 0 aliphatic carbocycles. The SMILES string of the molecule is Cc1cc(Cl)ccc1CC(Oc1ccccc1C(C)C)C(=O)O. The Morgan fingerprint density at radius 3 is 2.52 bits per heavy atom. The Balaban J connectivity index is 2.25. The van der Waals surface area contributed by atoms with Gasteiger partial charge >= 0.3 is 5.97 Å². The topological polar surface area (TPSA) is 46.5 Å². The molecule has 0 aliphatic rings. The van der Waals surface area contributed by atoms with Gasteiger partial charge in [0, 0.05) is 11.4 Å². The second-order valence-corrected chi connectivity index (χ2v) is 6.35. The highest BCUT2D eigenvalue weighted by Crippen LogP contribution is 2.27. The molecule has 0 radical (unpaired) electrons. The van der Waals surface area contributed by atoms with Crippen LogP contribution in [0.5, 0.6) is 5.75 Å². The molecule has 0 aromatic heterocycles. The smallest absolute Gasteiger partial charge is 0.345 e. The fourth-order valence-electron chi connectivity index (χ4n) is 2.49. The molecule has 2 rings (SSSR count). The maximum absolute atomic E-state index is 11.6. The first-order valence-electron chi connectivity index (χ1n) is 7.62. The number of hydrogen-bond donors (Lipinski definition) is 1. The summed E-state index contributed by atoms with van der Waals surface area (Å²) in [6, 6.07) is 13.0. The van der Waals surface area contributed by atoms with E-state index < -0.39 is 12.1 Å². The van der Waals surface area contributed by atoms with E-state index >= 15 is 0 Å². The van der Waals surface area contributed by atoms with Crippen molar-refractivity contribution in [3.8, 4) is 5.75 Å². The van der Waals surface area contributed by atoms with Gasteiger partial charge in [0.2, 0.25) is 0 Å². The molecular weight excluding hydrogens is 312 g/mol. The van der Waals surface area contributed by atoms with Crippen molar-refractivity contribution in [2.75, 3.05) is 0 Å². The van der Waals surface area contributed by atoms with Crippen LogP contribution < -0.4 is 4.74 Å². The Morgan fingerprint density at radius 2 is 1.91 bits per heavy atom. The van der Waals surface area contributed by atoms with Crippen LogP contribution in [0.25, 0.3) is 0 Å². The van der Waals surface area contributed by atoms with Gasteiger partial charge in [-0.05, 0) is 47.7 Å². The molecular formula is C19H21ClO3. The number of halogens is 1. The number of aliphatic carboxylic acids is 1. The third kappa shape index (κ3) is 4.49. The van der Waals surface area contributed by atoms with Crippen LogP contribution in [0.2, 0.25) is 5.02 Å². The molecule has 0 amide bonds. The first-order chi connectivity index (χ1) is 10.9. The summed E-state index contributed by atoms with van der Waals surface area (Å²) in [5.41, 5.74) is 2.89. The van der Waals surface area contributed by atoms with Crippen molar-refractivity contribution in [1.29, 1.82) is 0 Å². The van der Waals surface area contributed by atoms with E-state index in [9.17, 15) is 9.90 Å². The van der Waals surface area contributed by atoms with Gasteiger partial charge in [-0.3, -0.25) is 0 Å². The van der Waals surface area contributed by atoms with Crippen LogP contribution in [0, 0.1) is 6.92 Å². The molecule has 1 atom stereocenters. The number of hydrogen-bond acceptors (Lipinski definition) is 2. The first-order valence-corrected chi connectivity index (χ1v) is 7.99. The second kappa shape index (κ2) is 7.51. The number of para-hydroxylation sites is 1. The van der Waals surface area contributed by atoms with E-state index in [4.69, 9.17) is 16.3 Å². The Bertz CT molecular complexity index is 695. The van der Waals surface area contributed by atoms with Crippen LogP contribution >= 0.6 is 11.6 Å². The molecule has 1 unspecified atom stereocenters. The first kappa shape index (κ1) is 17.4. The quantitative estimate of drug-likeness (QED) is 0.822. The van der Waals surface area contributed by atoms with E-state index in [1.165, 1.54) is 0 Å². The van der Waals surface area contributed by atoms with E-state index in [2.05, 4.69) is 13.8 Å². The number of carboxylic acid groups (broad SMARTS) is 1. The molecule has 0 saturated carbocycles. The Labute approximate surface area is 141 Å². The summed E-state index contributed by atoms with van der Waals surface area (Å²) in [7, 11) is 0. The van der Waals surface area contributed by atoms with Gasteiger partial charge in [-0.2, -0.15) is 0 Å². The fraction of sp³-hybridized carbons (Fsp3) is 0.316.